The van der Waals surface area contributed by atoms with Gasteiger partial charge in [0, 0.05) is 29.7 Å². The Morgan fingerprint density at radius 2 is 2.29 bits per heavy atom. The predicted molar refractivity (Wildman–Crippen MR) is 68.9 cm³/mol. The highest BCUT2D eigenvalue weighted by molar-refractivity contribution is 5.75. The standard InChI is InChI=1S/C13H13N3O/c1-10(16-7-6-15-9-16)12-5-4-11(17-3)8-13(12)14-2/h4-9H,1-2H2,3H3. The summed E-state index contributed by atoms with van der Waals surface area (Å²) in [5, 5.41) is 0. The molecule has 0 bridgehead atoms. The lowest BCUT2D eigenvalue weighted by molar-refractivity contribution is 0.415. The van der Waals surface area contributed by atoms with Gasteiger partial charge in [-0.2, -0.15) is 0 Å². The maximum absolute atomic E-state index is 5.15. The molecule has 86 valence electrons. The zero-order valence-electron chi connectivity index (χ0n) is 9.63. The summed E-state index contributed by atoms with van der Waals surface area (Å²) in [5.41, 5.74) is 2.44. The van der Waals surface area contributed by atoms with Crippen molar-refractivity contribution in [2.45, 2.75) is 0 Å². The van der Waals surface area contributed by atoms with E-state index < -0.39 is 0 Å². The first-order valence-corrected chi connectivity index (χ1v) is 5.08. The third-order valence-electron chi connectivity index (χ3n) is 2.50. The molecule has 0 N–H and O–H groups in total. The van der Waals surface area contributed by atoms with Crippen LogP contribution in [0.15, 0.2) is 48.5 Å². The van der Waals surface area contributed by atoms with E-state index in [4.69, 9.17) is 4.74 Å². The zero-order valence-corrected chi connectivity index (χ0v) is 9.63. The van der Waals surface area contributed by atoms with Gasteiger partial charge in [-0.15, -0.1) is 0 Å². The molecule has 0 fully saturated rings. The van der Waals surface area contributed by atoms with Crippen molar-refractivity contribution in [3.05, 3.63) is 49.1 Å². The number of hydrogen-bond donors (Lipinski definition) is 0. The third kappa shape index (κ3) is 2.10. The molecule has 4 nitrogen and oxygen atoms in total. The molecule has 0 unspecified atom stereocenters. The predicted octanol–water partition coefficient (Wildman–Crippen LogP) is 2.74. The molecule has 0 aliphatic carbocycles. The second-order valence-corrected chi connectivity index (χ2v) is 3.46. The Kier molecular flexibility index (Phi) is 3.05. The summed E-state index contributed by atoms with van der Waals surface area (Å²) in [6, 6.07) is 5.60. The van der Waals surface area contributed by atoms with Crippen LogP contribution in [0, 0.1) is 0 Å². The first-order chi connectivity index (χ1) is 8.26. The van der Waals surface area contributed by atoms with E-state index in [2.05, 4.69) is 23.3 Å². The molecule has 2 rings (SSSR count). The van der Waals surface area contributed by atoms with Crippen LogP contribution in [0.4, 0.5) is 5.69 Å². The number of hydrogen-bond acceptors (Lipinski definition) is 3. The Bertz CT molecular complexity index is 544. The molecule has 0 atom stereocenters. The number of imidazole rings is 1. The van der Waals surface area contributed by atoms with Gasteiger partial charge in [-0.3, -0.25) is 4.99 Å². The van der Waals surface area contributed by atoms with E-state index in [0.717, 1.165) is 22.7 Å². The number of aromatic nitrogens is 2. The largest absolute Gasteiger partial charge is 0.497 e. The van der Waals surface area contributed by atoms with E-state index in [1.165, 1.54) is 0 Å². The second kappa shape index (κ2) is 4.65. The number of rotatable bonds is 4. The van der Waals surface area contributed by atoms with Crippen LogP contribution in [0.25, 0.3) is 5.70 Å². The highest BCUT2D eigenvalue weighted by Gasteiger charge is 2.07. The molecule has 0 amide bonds. The summed E-state index contributed by atoms with van der Waals surface area (Å²) in [5.74, 6) is 0.745. The van der Waals surface area contributed by atoms with Crippen LogP contribution >= 0.6 is 0 Å². The average molecular weight is 227 g/mol. The van der Waals surface area contributed by atoms with Crippen LogP contribution < -0.4 is 4.74 Å². The van der Waals surface area contributed by atoms with Gasteiger partial charge in [0.1, 0.15) is 5.75 Å². The Morgan fingerprint density at radius 1 is 1.47 bits per heavy atom. The van der Waals surface area contributed by atoms with Gasteiger partial charge in [0.2, 0.25) is 0 Å². The molecule has 0 saturated heterocycles. The van der Waals surface area contributed by atoms with Crippen LogP contribution in [-0.4, -0.2) is 23.4 Å². The van der Waals surface area contributed by atoms with E-state index >= 15 is 0 Å². The molecule has 17 heavy (non-hydrogen) atoms. The molecule has 0 radical (unpaired) electrons. The van der Waals surface area contributed by atoms with Gasteiger partial charge < -0.3 is 9.30 Å². The number of nitrogens with zero attached hydrogens (tertiary/aromatic N) is 3. The lowest BCUT2D eigenvalue weighted by Crippen LogP contribution is -1.95. The smallest absolute Gasteiger partial charge is 0.121 e. The second-order valence-electron chi connectivity index (χ2n) is 3.46. The molecule has 4 heteroatoms. The molecule has 0 saturated carbocycles. The van der Waals surface area contributed by atoms with Crippen molar-refractivity contribution in [3.8, 4) is 5.75 Å². The lowest BCUT2D eigenvalue weighted by atomic mass is 10.1. The van der Waals surface area contributed by atoms with Gasteiger partial charge in [0.15, 0.2) is 0 Å². The number of ether oxygens (including phenoxy) is 1. The van der Waals surface area contributed by atoms with Crippen LogP contribution in [0.5, 0.6) is 5.75 Å². The van der Waals surface area contributed by atoms with Crippen LogP contribution in [0.1, 0.15) is 5.56 Å². The van der Waals surface area contributed by atoms with Crippen molar-refractivity contribution in [1.29, 1.82) is 0 Å². The van der Waals surface area contributed by atoms with Gasteiger partial charge >= 0.3 is 0 Å². The lowest BCUT2D eigenvalue weighted by Gasteiger charge is -2.10. The third-order valence-corrected chi connectivity index (χ3v) is 2.50. The fourth-order valence-electron chi connectivity index (χ4n) is 1.57. The summed E-state index contributed by atoms with van der Waals surface area (Å²) >= 11 is 0. The van der Waals surface area contributed by atoms with E-state index in [1.807, 2.05) is 29.0 Å². The van der Waals surface area contributed by atoms with Crippen LogP contribution in [0.3, 0.4) is 0 Å². The SMILES string of the molecule is C=Nc1cc(OC)ccc1C(=C)n1ccnc1. The molecule has 1 heterocycles. The molecular weight excluding hydrogens is 214 g/mol. The Balaban J connectivity index is 2.45. The highest BCUT2D eigenvalue weighted by Crippen LogP contribution is 2.30. The first-order valence-electron chi connectivity index (χ1n) is 5.08. The van der Waals surface area contributed by atoms with Crippen LogP contribution in [-0.2, 0) is 0 Å². The topological polar surface area (TPSA) is 39.4 Å². The summed E-state index contributed by atoms with van der Waals surface area (Å²) in [4.78, 5) is 7.97. The minimum Gasteiger partial charge on any atom is -0.497 e. The monoisotopic (exact) mass is 227 g/mol. The van der Waals surface area contributed by atoms with Gasteiger partial charge in [0.05, 0.1) is 19.1 Å². The summed E-state index contributed by atoms with van der Waals surface area (Å²) < 4.78 is 6.98. The van der Waals surface area contributed by atoms with E-state index in [9.17, 15) is 0 Å². The minimum absolute atomic E-state index is 0.739. The first kappa shape index (κ1) is 11.1. The van der Waals surface area contributed by atoms with Crippen molar-refractivity contribution in [1.82, 2.24) is 9.55 Å². The van der Waals surface area contributed by atoms with Crippen molar-refractivity contribution < 1.29 is 4.74 Å². The molecule has 1 aromatic carbocycles. The number of methoxy groups -OCH3 is 1. The van der Waals surface area contributed by atoms with Crippen molar-refractivity contribution in [3.63, 3.8) is 0 Å². The van der Waals surface area contributed by atoms with Crippen molar-refractivity contribution in [2.24, 2.45) is 4.99 Å². The van der Waals surface area contributed by atoms with Gasteiger partial charge in [0.25, 0.3) is 0 Å². The van der Waals surface area contributed by atoms with Gasteiger partial charge in [-0.05, 0) is 18.9 Å². The maximum Gasteiger partial charge on any atom is 0.121 e. The van der Waals surface area contributed by atoms with Crippen molar-refractivity contribution >= 4 is 18.1 Å². The number of benzene rings is 1. The quantitative estimate of drug-likeness (QED) is 0.753. The summed E-state index contributed by atoms with van der Waals surface area (Å²) in [6.45, 7) is 7.59. The molecule has 0 aliphatic rings. The van der Waals surface area contributed by atoms with E-state index in [-0.39, 0.29) is 0 Å². The molecular formula is C13H13N3O. The Labute approximate surface area is 99.9 Å². The van der Waals surface area contributed by atoms with E-state index in [0.29, 0.717) is 0 Å². The van der Waals surface area contributed by atoms with Gasteiger partial charge in [-0.25, -0.2) is 4.98 Å². The Morgan fingerprint density at radius 3 is 2.88 bits per heavy atom. The molecule has 1 aromatic heterocycles. The average Bonchev–Trinajstić information content (AvgIpc) is 2.91. The fourth-order valence-corrected chi connectivity index (χ4v) is 1.57. The van der Waals surface area contributed by atoms with E-state index in [1.54, 1.807) is 19.6 Å². The summed E-state index contributed by atoms with van der Waals surface area (Å²) in [6.07, 6.45) is 5.23. The fraction of sp³-hybridized carbons (Fsp3) is 0.0769. The highest BCUT2D eigenvalue weighted by atomic mass is 16.5. The number of aliphatic imine (C=N–C) groups is 1. The normalized spacial score (nSPS) is 9.94. The van der Waals surface area contributed by atoms with Gasteiger partial charge in [-0.1, -0.05) is 6.58 Å². The van der Waals surface area contributed by atoms with Crippen molar-refractivity contribution in [2.75, 3.05) is 7.11 Å². The molecule has 0 aliphatic heterocycles. The minimum atomic E-state index is 0.739. The Hall–Kier alpha value is -2.36. The molecule has 0 spiro atoms. The zero-order chi connectivity index (χ0) is 12.3. The van der Waals surface area contributed by atoms with Crippen LogP contribution in [0.2, 0.25) is 0 Å². The summed E-state index contributed by atoms with van der Waals surface area (Å²) in [7, 11) is 1.62. The molecule has 2 aromatic rings. The maximum atomic E-state index is 5.15.